The summed E-state index contributed by atoms with van der Waals surface area (Å²) in [5.41, 5.74) is 4.06. The van der Waals surface area contributed by atoms with Gasteiger partial charge in [-0.2, -0.15) is 0 Å². The van der Waals surface area contributed by atoms with Crippen molar-refractivity contribution in [2.24, 2.45) is 5.41 Å². The van der Waals surface area contributed by atoms with Gasteiger partial charge in [-0.1, -0.05) is 51.1 Å². The molecule has 158 valence electrons. The van der Waals surface area contributed by atoms with E-state index < -0.39 is 5.41 Å². The van der Waals surface area contributed by atoms with Crippen molar-refractivity contribution in [1.29, 1.82) is 0 Å². The molecular formula is C26H31O3P. The van der Waals surface area contributed by atoms with Gasteiger partial charge in [0.05, 0.1) is 5.39 Å². The Morgan fingerprint density at radius 3 is 2.37 bits per heavy atom. The quantitative estimate of drug-likeness (QED) is 0.340. The molecule has 1 atom stereocenters. The molecule has 0 N–H and O–H groups in total. The van der Waals surface area contributed by atoms with E-state index in [0.29, 0.717) is 23.2 Å². The number of benzene rings is 2. The van der Waals surface area contributed by atoms with Gasteiger partial charge in [-0.05, 0) is 55.1 Å². The van der Waals surface area contributed by atoms with E-state index in [0.717, 1.165) is 29.3 Å². The maximum absolute atomic E-state index is 12.7. The molecule has 0 radical (unpaired) electrons. The van der Waals surface area contributed by atoms with Crippen LogP contribution in [0.1, 0.15) is 50.3 Å². The smallest absolute Gasteiger partial charge is 0.193 e. The molecular weight excluding hydrogens is 391 g/mol. The van der Waals surface area contributed by atoms with Crippen molar-refractivity contribution in [2.45, 2.75) is 53.4 Å². The van der Waals surface area contributed by atoms with Gasteiger partial charge in [-0.3, -0.25) is 9.59 Å². The topological polar surface area (TPSA) is 47.3 Å². The number of carbonyl (C=O) groups excluding carboxylic acids is 1. The molecule has 1 aromatic heterocycles. The SMILES string of the molecule is Cc1c(CC(=O)C(C)(C)C)ccc2c(=O)cc(-c3ccc(CCCCP)cc3)oc12. The summed E-state index contributed by atoms with van der Waals surface area (Å²) in [7, 11) is 2.77. The average Bonchev–Trinajstić information content (AvgIpc) is 2.70. The number of ketones is 1. The normalized spacial score (nSPS) is 11.8. The van der Waals surface area contributed by atoms with E-state index in [9.17, 15) is 9.59 Å². The van der Waals surface area contributed by atoms with E-state index in [-0.39, 0.29) is 11.2 Å². The Bertz CT molecular complexity index is 1100. The number of hydrogen-bond donors (Lipinski definition) is 0. The summed E-state index contributed by atoms with van der Waals surface area (Å²) in [4.78, 5) is 25.2. The van der Waals surface area contributed by atoms with E-state index in [1.165, 1.54) is 18.4 Å². The van der Waals surface area contributed by atoms with Crippen LogP contribution in [0.4, 0.5) is 0 Å². The van der Waals surface area contributed by atoms with Crippen LogP contribution < -0.4 is 5.43 Å². The highest BCUT2D eigenvalue weighted by Gasteiger charge is 2.22. The molecule has 0 aliphatic rings. The van der Waals surface area contributed by atoms with Crippen LogP contribution in [0, 0.1) is 12.3 Å². The van der Waals surface area contributed by atoms with Gasteiger partial charge in [0.1, 0.15) is 17.1 Å². The first-order valence-electron chi connectivity index (χ1n) is 10.6. The van der Waals surface area contributed by atoms with Gasteiger partial charge in [0.2, 0.25) is 0 Å². The van der Waals surface area contributed by atoms with Crippen LogP contribution in [0.15, 0.2) is 51.7 Å². The van der Waals surface area contributed by atoms with Crippen LogP contribution in [-0.4, -0.2) is 11.9 Å². The van der Waals surface area contributed by atoms with Crippen molar-refractivity contribution in [1.82, 2.24) is 0 Å². The summed E-state index contributed by atoms with van der Waals surface area (Å²) in [5.74, 6) is 0.729. The Morgan fingerprint density at radius 1 is 1.03 bits per heavy atom. The van der Waals surface area contributed by atoms with Gasteiger partial charge in [0, 0.05) is 23.5 Å². The summed E-state index contributed by atoms with van der Waals surface area (Å²) in [5, 5.41) is 0.553. The van der Waals surface area contributed by atoms with E-state index in [1.807, 2.05) is 45.9 Å². The van der Waals surface area contributed by atoms with Crippen LogP contribution >= 0.6 is 9.24 Å². The van der Waals surface area contributed by atoms with Crippen molar-refractivity contribution in [3.8, 4) is 11.3 Å². The molecule has 0 bridgehead atoms. The number of aryl methyl sites for hydroxylation is 2. The molecule has 0 spiro atoms. The summed E-state index contributed by atoms with van der Waals surface area (Å²) in [6.45, 7) is 7.70. The third-order valence-electron chi connectivity index (χ3n) is 5.60. The first kappa shape index (κ1) is 22.4. The zero-order valence-corrected chi connectivity index (χ0v) is 19.5. The minimum Gasteiger partial charge on any atom is -0.456 e. The largest absolute Gasteiger partial charge is 0.456 e. The predicted molar refractivity (Wildman–Crippen MR) is 128 cm³/mol. The van der Waals surface area contributed by atoms with Crippen molar-refractivity contribution in [3.63, 3.8) is 0 Å². The summed E-state index contributed by atoms with van der Waals surface area (Å²) in [6, 6.07) is 13.5. The Morgan fingerprint density at radius 2 is 1.73 bits per heavy atom. The van der Waals surface area contributed by atoms with Gasteiger partial charge in [0.15, 0.2) is 5.43 Å². The average molecular weight is 423 g/mol. The maximum atomic E-state index is 12.7. The van der Waals surface area contributed by atoms with E-state index in [2.05, 4.69) is 21.4 Å². The summed E-state index contributed by atoms with van der Waals surface area (Å²) < 4.78 is 6.19. The minimum absolute atomic E-state index is 0.0624. The lowest BCUT2D eigenvalue weighted by atomic mass is 9.86. The van der Waals surface area contributed by atoms with Gasteiger partial charge >= 0.3 is 0 Å². The third kappa shape index (κ3) is 5.08. The number of fused-ring (bicyclic) bond motifs is 1. The Balaban J connectivity index is 1.96. The van der Waals surface area contributed by atoms with Gasteiger partial charge in [0.25, 0.3) is 0 Å². The fourth-order valence-corrected chi connectivity index (χ4v) is 3.76. The highest BCUT2D eigenvalue weighted by molar-refractivity contribution is 7.16. The van der Waals surface area contributed by atoms with Crippen LogP contribution in [0.3, 0.4) is 0 Å². The lowest BCUT2D eigenvalue weighted by molar-refractivity contribution is -0.125. The monoisotopic (exact) mass is 422 g/mol. The second kappa shape index (κ2) is 9.27. The lowest BCUT2D eigenvalue weighted by Gasteiger charge is -2.17. The highest BCUT2D eigenvalue weighted by atomic mass is 31.0. The molecule has 0 aliphatic heterocycles. The Labute approximate surface area is 181 Å². The molecule has 3 nitrogen and oxygen atoms in total. The molecule has 3 aromatic rings. The molecule has 0 amide bonds. The highest BCUT2D eigenvalue weighted by Crippen LogP contribution is 2.28. The third-order valence-corrected chi connectivity index (χ3v) is 6.01. The molecule has 0 aliphatic carbocycles. The second-order valence-corrected chi connectivity index (χ2v) is 9.57. The molecule has 4 heteroatoms. The van der Waals surface area contributed by atoms with Crippen LogP contribution in [-0.2, 0) is 17.6 Å². The van der Waals surface area contributed by atoms with Gasteiger partial charge in [-0.25, -0.2) is 0 Å². The molecule has 1 unspecified atom stereocenters. The number of unbranched alkanes of at least 4 members (excludes halogenated alkanes) is 1. The standard InChI is InChI=1S/C26H31O3P/c1-17-20(15-24(28)26(2,3)4)12-13-21-22(27)16-23(29-25(17)21)19-10-8-18(9-11-19)7-5-6-14-30/h8-13,16H,5-7,14-15,30H2,1-4H3. The van der Waals surface area contributed by atoms with Crippen LogP contribution in [0.2, 0.25) is 0 Å². The van der Waals surface area contributed by atoms with Crippen molar-refractivity contribution < 1.29 is 9.21 Å². The molecule has 0 fully saturated rings. The fraction of sp³-hybridized carbons (Fsp3) is 0.385. The molecule has 1 heterocycles. The van der Waals surface area contributed by atoms with Gasteiger partial charge in [-0.15, -0.1) is 9.24 Å². The van der Waals surface area contributed by atoms with Crippen molar-refractivity contribution in [3.05, 3.63) is 69.4 Å². The van der Waals surface area contributed by atoms with E-state index in [4.69, 9.17) is 4.42 Å². The number of Topliss-reactive ketones (excluding diaryl/α,β-unsaturated/α-hetero) is 1. The van der Waals surface area contributed by atoms with Crippen LogP contribution in [0.25, 0.3) is 22.3 Å². The minimum atomic E-state index is -0.401. The number of carbonyl (C=O) groups is 1. The lowest BCUT2D eigenvalue weighted by Crippen LogP contribution is -2.22. The van der Waals surface area contributed by atoms with Gasteiger partial charge < -0.3 is 4.42 Å². The van der Waals surface area contributed by atoms with E-state index >= 15 is 0 Å². The fourth-order valence-electron chi connectivity index (χ4n) is 3.48. The Hall–Kier alpha value is -2.25. The van der Waals surface area contributed by atoms with Crippen LogP contribution in [0.5, 0.6) is 0 Å². The van der Waals surface area contributed by atoms with E-state index in [1.54, 1.807) is 12.1 Å². The zero-order chi connectivity index (χ0) is 21.9. The molecule has 3 rings (SSSR count). The second-order valence-electron chi connectivity index (χ2n) is 8.99. The first-order chi connectivity index (χ1) is 14.2. The number of rotatable bonds is 7. The Kier molecular flexibility index (Phi) is 6.93. The molecule has 0 saturated heterocycles. The van der Waals surface area contributed by atoms with Crippen molar-refractivity contribution >= 4 is 26.0 Å². The van der Waals surface area contributed by atoms with Crippen molar-refractivity contribution in [2.75, 3.05) is 6.16 Å². The molecule has 30 heavy (non-hydrogen) atoms. The summed E-state index contributed by atoms with van der Waals surface area (Å²) >= 11 is 0. The number of hydrogen-bond acceptors (Lipinski definition) is 3. The molecule has 2 aromatic carbocycles. The zero-order valence-electron chi connectivity index (χ0n) is 18.4. The maximum Gasteiger partial charge on any atom is 0.193 e. The predicted octanol–water partition coefficient (Wildman–Crippen LogP) is 6.12. The first-order valence-corrected chi connectivity index (χ1v) is 11.4. The molecule has 0 saturated carbocycles. The summed E-state index contributed by atoms with van der Waals surface area (Å²) in [6.07, 6.45) is 4.89.